The van der Waals surface area contributed by atoms with E-state index >= 15 is 0 Å². The Hall–Kier alpha value is -3.81. The van der Waals surface area contributed by atoms with Crippen LogP contribution in [0.5, 0.6) is 5.75 Å². The van der Waals surface area contributed by atoms with Gasteiger partial charge in [0.2, 0.25) is 5.82 Å². The van der Waals surface area contributed by atoms with Gasteiger partial charge in [-0.05, 0) is 32.1 Å². The molecule has 3 rings (SSSR count). The summed E-state index contributed by atoms with van der Waals surface area (Å²) in [7, 11) is 1.32. The highest BCUT2D eigenvalue weighted by molar-refractivity contribution is 7.80. The molecule has 1 aromatic heterocycles. The van der Waals surface area contributed by atoms with Gasteiger partial charge in [-0.15, -0.1) is 0 Å². The number of benzene rings is 2. The molecule has 0 radical (unpaired) electrons. The fourth-order valence-electron chi connectivity index (χ4n) is 3.13. The highest BCUT2D eigenvalue weighted by Crippen LogP contribution is 2.30. The number of methoxy groups -OCH3 is 1. The van der Waals surface area contributed by atoms with Crippen molar-refractivity contribution in [2.75, 3.05) is 17.7 Å². The summed E-state index contributed by atoms with van der Waals surface area (Å²) in [5, 5.41) is 20.7. The van der Waals surface area contributed by atoms with Crippen LogP contribution in [0.25, 0.3) is 0 Å². The molecule has 2 aromatic carbocycles. The van der Waals surface area contributed by atoms with Crippen LogP contribution in [-0.2, 0) is 6.54 Å². The first-order chi connectivity index (χ1) is 16.0. The summed E-state index contributed by atoms with van der Waals surface area (Å²) in [6.45, 7) is 2.32. The SMILES string of the molecule is COc1cc([N+](=O)[O-])ccc1NC(=S)Nc1c(C)nn(Cc2c(F)c(F)c(F)c(F)c2F)c1C. The molecule has 0 fully saturated rings. The van der Waals surface area contributed by atoms with E-state index in [1.165, 1.54) is 32.2 Å². The molecule has 8 nitrogen and oxygen atoms in total. The Morgan fingerprint density at radius 2 is 1.68 bits per heavy atom. The number of anilines is 2. The van der Waals surface area contributed by atoms with Crippen LogP contribution in [0.15, 0.2) is 18.2 Å². The lowest BCUT2D eigenvalue weighted by molar-refractivity contribution is -0.384. The second kappa shape index (κ2) is 9.59. The Labute approximate surface area is 194 Å². The van der Waals surface area contributed by atoms with Crippen molar-refractivity contribution in [1.82, 2.24) is 9.78 Å². The zero-order valence-corrected chi connectivity index (χ0v) is 18.6. The number of nitro benzene ring substituents is 1. The Kier molecular flexibility index (Phi) is 7.00. The lowest BCUT2D eigenvalue weighted by Crippen LogP contribution is -2.20. The maximum Gasteiger partial charge on any atom is 0.273 e. The highest BCUT2D eigenvalue weighted by Gasteiger charge is 2.27. The van der Waals surface area contributed by atoms with Crippen LogP contribution in [0.4, 0.5) is 39.0 Å². The lowest BCUT2D eigenvalue weighted by atomic mass is 10.1. The minimum Gasteiger partial charge on any atom is -0.494 e. The summed E-state index contributed by atoms with van der Waals surface area (Å²) in [6, 6.07) is 3.83. The summed E-state index contributed by atoms with van der Waals surface area (Å²) >= 11 is 5.25. The highest BCUT2D eigenvalue weighted by atomic mass is 32.1. The largest absolute Gasteiger partial charge is 0.494 e. The second-order valence-corrected chi connectivity index (χ2v) is 7.38. The average Bonchev–Trinajstić information content (AvgIpc) is 3.06. The minimum atomic E-state index is -2.24. The zero-order valence-electron chi connectivity index (χ0n) is 17.8. The Morgan fingerprint density at radius 1 is 1.09 bits per heavy atom. The molecule has 3 aromatic rings. The van der Waals surface area contributed by atoms with E-state index in [-0.39, 0.29) is 16.5 Å². The quantitative estimate of drug-likeness (QED) is 0.123. The van der Waals surface area contributed by atoms with E-state index in [4.69, 9.17) is 17.0 Å². The molecular formula is C20H16F5N5O3S. The van der Waals surface area contributed by atoms with Crippen molar-refractivity contribution >= 4 is 34.4 Å². The van der Waals surface area contributed by atoms with Gasteiger partial charge >= 0.3 is 0 Å². The zero-order chi connectivity index (χ0) is 25.3. The first-order valence-corrected chi connectivity index (χ1v) is 9.81. The molecule has 2 N–H and O–H groups in total. The normalized spacial score (nSPS) is 10.8. The molecule has 0 bridgehead atoms. The number of non-ortho nitro benzene ring substituents is 1. The first kappa shape index (κ1) is 24.8. The van der Waals surface area contributed by atoms with Crippen molar-refractivity contribution in [2.45, 2.75) is 20.4 Å². The van der Waals surface area contributed by atoms with Crippen LogP contribution in [0.2, 0.25) is 0 Å². The van der Waals surface area contributed by atoms with Crippen LogP contribution in [0, 0.1) is 53.0 Å². The topological polar surface area (TPSA) is 94.2 Å². The number of ether oxygens (including phenoxy) is 1. The number of nitrogens with zero attached hydrogens (tertiary/aromatic N) is 3. The van der Waals surface area contributed by atoms with Crippen molar-refractivity contribution in [2.24, 2.45) is 0 Å². The van der Waals surface area contributed by atoms with Crippen molar-refractivity contribution in [1.29, 1.82) is 0 Å². The number of nitro groups is 1. The standard InChI is InChI=1S/C20H16F5N5O3S/c1-8-19(27-20(34)26-12-5-4-10(30(31)32)6-13(12)33-3)9(2)29(28-8)7-11-14(21)16(23)18(25)17(24)15(11)22/h4-6H,7H2,1-3H3,(H2,26,27,34). The third-order valence-electron chi connectivity index (χ3n) is 4.87. The number of aryl methyl sites for hydroxylation is 1. The third-order valence-corrected chi connectivity index (χ3v) is 5.08. The number of nitrogens with one attached hydrogen (secondary N) is 2. The Balaban J connectivity index is 1.85. The van der Waals surface area contributed by atoms with Gasteiger partial charge in [0.15, 0.2) is 28.4 Å². The van der Waals surface area contributed by atoms with Gasteiger partial charge in [-0.2, -0.15) is 5.10 Å². The maximum atomic E-state index is 14.1. The molecule has 0 aliphatic heterocycles. The smallest absolute Gasteiger partial charge is 0.273 e. The van der Waals surface area contributed by atoms with E-state index in [2.05, 4.69) is 15.7 Å². The molecule has 0 atom stereocenters. The lowest BCUT2D eigenvalue weighted by Gasteiger charge is -2.14. The Bertz CT molecular complexity index is 1290. The van der Waals surface area contributed by atoms with Crippen molar-refractivity contribution in [3.05, 3.63) is 74.4 Å². The molecule has 14 heteroatoms. The molecule has 0 amide bonds. The summed E-state index contributed by atoms with van der Waals surface area (Å²) < 4.78 is 74.7. The van der Waals surface area contributed by atoms with Gasteiger partial charge in [-0.3, -0.25) is 14.8 Å². The van der Waals surface area contributed by atoms with E-state index in [0.717, 1.165) is 4.68 Å². The monoisotopic (exact) mass is 501 g/mol. The van der Waals surface area contributed by atoms with Crippen LogP contribution in [-0.4, -0.2) is 26.9 Å². The number of hydrogen-bond donors (Lipinski definition) is 2. The molecule has 0 spiro atoms. The summed E-state index contributed by atoms with van der Waals surface area (Å²) in [5.41, 5.74) is 0.0200. The van der Waals surface area contributed by atoms with E-state index in [9.17, 15) is 32.1 Å². The summed E-state index contributed by atoms with van der Waals surface area (Å²) in [6.07, 6.45) is 0. The van der Waals surface area contributed by atoms with Gasteiger partial charge in [0.25, 0.3) is 5.69 Å². The van der Waals surface area contributed by atoms with Gasteiger partial charge in [0, 0.05) is 6.07 Å². The third kappa shape index (κ3) is 4.62. The summed E-state index contributed by atoms with van der Waals surface area (Å²) in [5.74, 6) is -10.1. The Morgan fingerprint density at radius 3 is 2.24 bits per heavy atom. The van der Waals surface area contributed by atoms with E-state index in [0.29, 0.717) is 22.8 Å². The molecule has 0 aliphatic rings. The van der Waals surface area contributed by atoms with Crippen LogP contribution in [0.1, 0.15) is 17.0 Å². The molecule has 0 unspecified atom stereocenters. The molecule has 0 saturated heterocycles. The maximum absolute atomic E-state index is 14.1. The van der Waals surface area contributed by atoms with Crippen molar-refractivity contribution in [3.8, 4) is 5.75 Å². The number of aromatic nitrogens is 2. The van der Waals surface area contributed by atoms with Gasteiger partial charge in [0.1, 0.15) is 5.75 Å². The van der Waals surface area contributed by atoms with Crippen LogP contribution in [0.3, 0.4) is 0 Å². The van der Waals surface area contributed by atoms with Crippen molar-refractivity contribution < 1.29 is 31.6 Å². The van der Waals surface area contributed by atoms with Crippen molar-refractivity contribution in [3.63, 3.8) is 0 Å². The van der Waals surface area contributed by atoms with Gasteiger partial charge in [0.05, 0.1) is 53.0 Å². The number of halogens is 5. The molecule has 0 saturated carbocycles. The molecular weight excluding hydrogens is 485 g/mol. The fourth-order valence-corrected chi connectivity index (χ4v) is 3.35. The molecule has 180 valence electrons. The van der Waals surface area contributed by atoms with Gasteiger partial charge in [-0.25, -0.2) is 22.0 Å². The van der Waals surface area contributed by atoms with E-state index < -0.39 is 46.1 Å². The predicted octanol–water partition coefficient (Wildman–Crippen LogP) is 4.97. The predicted molar refractivity (Wildman–Crippen MR) is 117 cm³/mol. The average molecular weight is 501 g/mol. The number of thiocarbonyl (C=S) groups is 1. The fraction of sp³-hybridized carbons (Fsp3) is 0.200. The molecule has 1 heterocycles. The minimum absolute atomic E-state index is 0.0223. The molecule has 0 aliphatic carbocycles. The first-order valence-electron chi connectivity index (χ1n) is 9.41. The number of rotatable bonds is 6. The van der Waals surface area contributed by atoms with Crippen LogP contribution >= 0.6 is 12.2 Å². The summed E-state index contributed by atoms with van der Waals surface area (Å²) in [4.78, 5) is 10.3. The van der Waals surface area contributed by atoms with Gasteiger partial charge < -0.3 is 15.4 Å². The van der Waals surface area contributed by atoms with E-state index in [1.807, 2.05) is 0 Å². The number of hydrogen-bond acceptors (Lipinski definition) is 5. The molecule has 34 heavy (non-hydrogen) atoms. The van der Waals surface area contributed by atoms with E-state index in [1.54, 1.807) is 6.92 Å². The van der Waals surface area contributed by atoms with Gasteiger partial charge in [-0.1, -0.05) is 0 Å². The second-order valence-electron chi connectivity index (χ2n) is 6.97. The van der Waals surface area contributed by atoms with Crippen LogP contribution < -0.4 is 15.4 Å².